The van der Waals surface area contributed by atoms with Gasteiger partial charge < -0.3 is 5.32 Å². The number of carbonyl (C=O) groups excluding carboxylic acids is 1. The fraction of sp³-hybridized carbons (Fsp3) is 0.429. The summed E-state index contributed by atoms with van der Waals surface area (Å²) < 4.78 is 76.3. The van der Waals surface area contributed by atoms with Gasteiger partial charge in [0.2, 0.25) is 5.91 Å². The molecule has 0 aliphatic carbocycles. The van der Waals surface area contributed by atoms with Gasteiger partial charge in [0.05, 0.1) is 23.7 Å². The molecule has 1 aromatic carbocycles. The minimum Gasteiger partial charge on any atom is -0.357 e. The maximum Gasteiger partial charge on any atom is 0.417 e. The average molecular weight is 353 g/mol. The lowest BCUT2D eigenvalue weighted by Crippen LogP contribution is -2.54. The van der Waals surface area contributed by atoms with Crippen LogP contribution in [0.25, 0.3) is 0 Å². The molecule has 132 valence electrons. The van der Waals surface area contributed by atoms with Crippen LogP contribution in [0.1, 0.15) is 23.6 Å². The minimum atomic E-state index is -4.89. The second kappa shape index (κ2) is 6.68. The lowest BCUT2D eigenvalue weighted by atomic mass is 9.88. The molecule has 1 aromatic rings. The normalized spacial score (nSPS) is 14.6. The van der Waals surface area contributed by atoms with Crippen molar-refractivity contribution in [3.05, 3.63) is 34.9 Å². The Balaban J connectivity index is 3.44. The molecule has 0 saturated heterocycles. The third kappa shape index (κ3) is 4.38. The highest BCUT2D eigenvalue weighted by atomic mass is 19.4. The third-order valence-electron chi connectivity index (χ3n) is 3.35. The molecular formula is C14H13F6N3O. The van der Waals surface area contributed by atoms with E-state index in [-0.39, 0.29) is 5.56 Å². The van der Waals surface area contributed by atoms with Gasteiger partial charge in [-0.1, -0.05) is 6.07 Å². The molecule has 0 aliphatic rings. The number of likely N-dealkylation sites (N-methyl/N-ethyl adjacent to an activating group) is 1. The fourth-order valence-electron chi connectivity index (χ4n) is 2.03. The Bertz CT molecular complexity index is 662. The second-order valence-electron chi connectivity index (χ2n) is 5.04. The summed E-state index contributed by atoms with van der Waals surface area (Å²) in [6.07, 6.45) is -9.57. The zero-order valence-corrected chi connectivity index (χ0v) is 12.6. The predicted octanol–water partition coefficient (Wildman–Crippen LogP) is 2.69. The largest absolute Gasteiger partial charge is 0.417 e. The van der Waals surface area contributed by atoms with Gasteiger partial charge in [-0.05, 0) is 24.6 Å². The Morgan fingerprint density at radius 3 is 2.21 bits per heavy atom. The van der Waals surface area contributed by atoms with Crippen LogP contribution in [0, 0.1) is 11.3 Å². The molecule has 1 rings (SSSR count). The monoisotopic (exact) mass is 353 g/mol. The molecule has 2 N–H and O–H groups in total. The molecule has 0 fully saturated rings. The Labute approximate surface area is 133 Å². The molecule has 0 spiro atoms. The van der Waals surface area contributed by atoms with E-state index in [0.717, 1.165) is 26.1 Å². The van der Waals surface area contributed by atoms with Crippen molar-refractivity contribution in [1.82, 2.24) is 10.6 Å². The molecule has 0 aliphatic heterocycles. The van der Waals surface area contributed by atoms with Gasteiger partial charge in [0.15, 0.2) is 0 Å². The summed E-state index contributed by atoms with van der Waals surface area (Å²) in [6.45, 7) is -0.558. The van der Waals surface area contributed by atoms with E-state index in [4.69, 9.17) is 5.26 Å². The number of benzene rings is 1. The zero-order valence-electron chi connectivity index (χ0n) is 12.6. The summed E-state index contributed by atoms with van der Waals surface area (Å²) in [5, 5.41) is 12.8. The van der Waals surface area contributed by atoms with Gasteiger partial charge in [-0.25, -0.2) is 0 Å². The quantitative estimate of drug-likeness (QED) is 0.818. The highest BCUT2D eigenvalue weighted by Gasteiger charge is 2.41. The first kappa shape index (κ1) is 19.8. The summed E-state index contributed by atoms with van der Waals surface area (Å²) in [6, 6.07) is 3.68. The van der Waals surface area contributed by atoms with E-state index < -0.39 is 41.5 Å². The van der Waals surface area contributed by atoms with Crippen LogP contribution in [-0.4, -0.2) is 25.7 Å². The first-order chi connectivity index (χ1) is 10.8. The van der Waals surface area contributed by atoms with Crippen molar-refractivity contribution in [1.29, 1.82) is 5.26 Å². The highest BCUT2D eigenvalue weighted by Crippen LogP contribution is 2.35. The van der Waals surface area contributed by atoms with Crippen molar-refractivity contribution in [2.45, 2.75) is 24.8 Å². The fourth-order valence-corrected chi connectivity index (χ4v) is 2.03. The molecule has 0 radical (unpaired) electrons. The van der Waals surface area contributed by atoms with E-state index in [1.54, 1.807) is 0 Å². The van der Waals surface area contributed by atoms with Gasteiger partial charge in [-0.15, -0.1) is 0 Å². The SMILES string of the molecule is CNC(=O)[C@](C)(NCC(F)(F)F)c1ccc(C#N)c(C(F)(F)F)c1. The van der Waals surface area contributed by atoms with Crippen LogP contribution >= 0.6 is 0 Å². The first-order valence-corrected chi connectivity index (χ1v) is 6.51. The number of rotatable bonds is 4. The zero-order chi connectivity index (χ0) is 18.8. The van der Waals surface area contributed by atoms with Gasteiger partial charge in [0.25, 0.3) is 0 Å². The predicted molar refractivity (Wildman–Crippen MR) is 71.6 cm³/mol. The maximum atomic E-state index is 13.0. The third-order valence-corrected chi connectivity index (χ3v) is 3.35. The van der Waals surface area contributed by atoms with Crippen LogP contribution in [0.15, 0.2) is 18.2 Å². The first-order valence-electron chi connectivity index (χ1n) is 6.51. The lowest BCUT2D eigenvalue weighted by molar-refractivity contribution is -0.140. The van der Waals surface area contributed by atoms with Gasteiger partial charge in [0.1, 0.15) is 5.54 Å². The molecule has 0 unspecified atom stereocenters. The average Bonchev–Trinajstić information content (AvgIpc) is 2.49. The van der Waals surface area contributed by atoms with Gasteiger partial charge >= 0.3 is 12.4 Å². The van der Waals surface area contributed by atoms with E-state index in [9.17, 15) is 31.1 Å². The minimum absolute atomic E-state index is 0.350. The molecule has 1 atom stereocenters. The standard InChI is InChI=1S/C14H13F6N3O/c1-12(11(24)22-2,23-7-13(15,16)17)9-4-3-8(6-21)10(5-9)14(18,19)20/h3-5,23H,7H2,1-2H3,(H,22,24)/t12-/m1/s1. The number of nitrogens with zero attached hydrogens (tertiary/aromatic N) is 1. The van der Waals surface area contributed by atoms with Gasteiger partial charge in [-0.2, -0.15) is 31.6 Å². The number of carbonyl (C=O) groups is 1. The number of hydrogen-bond donors (Lipinski definition) is 2. The number of nitriles is 1. The van der Waals surface area contributed by atoms with E-state index in [0.29, 0.717) is 6.07 Å². The van der Waals surface area contributed by atoms with Crippen molar-refractivity contribution in [3.63, 3.8) is 0 Å². The molecular weight excluding hydrogens is 340 g/mol. The van der Waals surface area contributed by atoms with Gasteiger partial charge in [0, 0.05) is 7.05 Å². The molecule has 0 bridgehead atoms. The summed E-state index contributed by atoms with van der Waals surface area (Å²) in [7, 11) is 1.14. The Hall–Kier alpha value is -2.28. The van der Waals surface area contributed by atoms with Crippen molar-refractivity contribution < 1.29 is 31.1 Å². The summed E-state index contributed by atoms with van der Waals surface area (Å²) in [4.78, 5) is 12.0. The molecule has 4 nitrogen and oxygen atoms in total. The molecule has 0 aromatic heterocycles. The van der Waals surface area contributed by atoms with Crippen molar-refractivity contribution >= 4 is 5.91 Å². The Morgan fingerprint density at radius 2 is 1.79 bits per heavy atom. The van der Waals surface area contributed by atoms with Crippen LogP contribution in [0.2, 0.25) is 0 Å². The smallest absolute Gasteiger partial charge is 0.357 e. The lowest BCUT2D eigenvalue weighted by Gasteiger charge is -2.30. The summed E-state index contributed by atoms with van der Waals surface area (Å²) in [5.74, 6) is -0.954. The molecule has 1 amide bonds. The number of hydrogen-bond acceptors (Lipinski definition) is 3. The van der Waals surface area contributed by atoms with Crippen LogP contribution in [0.3, 0.4) is 0 Å². The number of halogens is 6. The van der Waals surface area contributed by atoms with E-state index in [1.807, 2.05) is 5.32 Å². The molecule has 0 saturated carbocycles. The van der Waals surface area contributed by atoms with Crippen molar-refractivity contribution in [3.8, 4) is 6.07 Å². The summed E-state index contributed by atoms with van der Waals surface area (Å²) >= 11 is 0. The van der Waals surface area contributed by atoms with Crippen LogP contribution < -0.4 is 10.6 Å². The van der Waals surface area contributed by atoms with Crippen LogP contribution in [0.4, 0.5) is 26.3 Å². The Kier molecular flexibility index (Phi) is 5.50. The highest BCUT2D eigenvalue weighted by molar-refractivity contribution is 5.87. The molecule has 0 heterocycles. The second-order valence-corrected chi connectivity index (χ2v) is 5.04. The molecule has 10 heteroatoms. The van der Waals surface area contributed by atoms with Crippen molar-refractivity contribution in [2.75, 3.05) is 13.6 Å². The Morgan fingerprint density at radius 1 is 1.21 bits per heavy atom. The van der Waals surface area contributed by atoms with Gasteiger partial charge in [-0.3, -0.25) is 10.1 Å². The van der Waals surface area contributed by atoms with E-state index in [2.05, 4.69) is 5.32 Å². The maximum absolute atomic E-state index is 13.0. The number of nitrogens with one attached hydrogen (secondary N) is 2. The topological polar surface area (TPSA) is 64.9 Å². The van der Waals surface area contributed by atoms with Crippen molar-refractivity contribution in [2.24, 2.45) is 0 Å². The van der Waals surface area contributed by atoms with E-state index in [1.165, 1.54) is 6.07 Å². The van der Waals surface area contributed by atoms with Crippen LogP contribution in [-0.2, 0) is 16.5 Å². The molecule has 24 heavy (non-hydrogen) atoms. The van der Waals surface area contributed by atoms with Crippen LogP contribution in [0.5, 0.6) is 0 Å². The van der Waals surface area contributed by atoms with E-state index >= 15 is 0 Å². The number of alkyl halides is 6. The number of amides is 1. The summed E-state index contributed by atoms with van der Waals surface area (Å²) in [5.41, 5.74) is -4.44.